The Hall–Kier alpha value is -2.68. The largest absolute Gasteiger partial charge is 0.444 e. The Labute approximate surface area is 158 Å². The van der Waals surface area contributed by atoms with E-state index in [-0.39, 0.29) is 12.0 Å². The topological polar surface area (TPSA) is 103 Å². The van der Waals surface area contributed by atoms with Gasteiger partial charge in [0.15, 0.2) is 0 Å². The SMILES string of the molecule is CC(C)(C)OC(=O)N1CCN(CCNC(=O)c2ccc3[nH]nnc3c2)CC1. The number of rotatable bonds is 4. The second kappa shape index (κ2) is 7.91. The summed E-state index contributed by atoms with van der Waals surface area (Å²) in [4.78, 5) is 28.3. The minimum atomic E-state index is -0.479. The Kier molecular flexibility index (Phi) is 5.59. The molecule has 1 aromatic heterocycles. The molecular formula is C18H26N6O3. The first kappa shape index (κ1) is 19.1. The van der Waals surface area contributed by atoms with Crippen LogP contribution < -0.4 is 5.32 Å². The van der Waals surface area contributed by atoms with Crippen LogP contribution in [0.3, 0.4) is 0 Å². The van der Waals surface area contributed by atoms with Crippen molar-refractivity contribution >= 4 is 23.0 Å². The van der Waals surface area contributed by atoms with Crippen molar-refractivity contribution in [2.45, 2.75) is 26.4 Å². The molecule has 9 nitrogen and oxygen atoms in total. The van der Waals surface area contributed by atoms with Crippen molar-refractivity contribution in [3.63, 3.8) is 0 Å². The van der Waals surface area contributed by atoms with E-state index in [9.17, 15) is 9.59 Å². The lowest BCUT2D eigenvalue weighted by Gasteiger charge is -2.35. The third-order valence-corrected chi connectivity index (χ3v) is 4.33. The third kappa shape index (κ3) is 5.16. The Balaban J connectivity index is 1.40. The van der Waals surface area contributed by atoms with Crippen molar-refractivity contribution in [1.29, 1.82) is 0 Å². The number of hydrogen-bond acceptors (Lipinski definition) is 6. The summed E-state index contributed by atoms with van der Waals surface area (Å²) in [6, 6.07) is 5.26. The quantitative estimate of drug-likeness (QED) is 0.835. The van der Waals surface area contributed by atoms with E-state index in [2.05, 4.69) is 25.6 Å². The van der Waals surface area contributed by atoms with Crippen LogP contribution in [0.2, 0.25) is 0 Å². The summed E-state index contributed by atoms with van der Waals surface area (Å²) in [5, 5.41) is 13.3. The van der Waals surface area contributed by atoms with Crippen LogP contribution in [0, 0.1) is 0 Å². The first-order valence-electron chi connectivity index (χ1n) is 9.11. The summed E-state index contributed by atoms with van der Waals surface area (Å²) in [5.41, 5.74) is 1.55. The molecule has 3 rings (SSSR count). The molecule has 0 atom stereocenters. The number of carbonyl (C=O) groups excluding carboxylic acids is 2. The van der Waals surface area contributed by atoms with Crippen molar-refractivity contribution in [2.75, 3.05) is 39.3 Å². The number of aromatic nitrogens is 3. The van der Waals surface area contributed by atoms with E-state index in [1.165, 1.54) is 0 Å². The fraction of sp³-hybridized carbons (Fsp3) is 0.556. The van der Waals surface area contributed by atoms with Crippen molar-refractivity contribution < 1.29 is 14.3 Å². The van der Waals surface area contributed by atoms with Gasteiger partial charge in [-0.25, -0.2) is 4.79 Å². The van der Waals surface area contributed by atoms with Crippen LogP contribution in [0.25, 0.3) is 11.0 Å². The minimum Gasteiger partial charge on any atom is -0.444 e. The number of nitrogens with one attached hydrogen (secondary N) is 2. The van der Waals surface area contributed by atoms with Gasteiger partial charge in [-0.05, 0) is 39.0 Å². The summed E-state index contributed by atoms with van der Waals surface area (Å²) >= 11 is 0. The number of fused-ring (bicyclic) bond motifs is 1. The first-order chi connectivity index (χ1) is 12.8. The molecule has 0 radical (unpaired) electrons. The van der Waals surface area contributed by atoms with E-state index in [1.807, 2.05) is 20.8 Å². The Morgan fingerprint density at radius 1 is 1.22 bits per heavy atom. The standard InChI is InChI=1S/C18H26N6O3/c1-18(2,3)27-17(26)24-10-8-23(9-11-24)7-6-19-16(25)13-4-5-14-15(12-13)21-22-20-14/h4-5,12H,6-11H2,1-3H3,(H,19,25)(H,20,21,22). The molecular weight excluding hydrogens is 348 g/mol. The molecule has 1 fully saturated rings. The molecule has 2 amide bonds. The van der Waals surface area contributed by atoms with Gasteiger partial charge in [-0.2, -0.15) is 0 Å². The number of piperazine rings is 1. The molecule has 9 heteroatoms. The molecule has 1 saturated heterocycles. The van der Waals surface area contributed by atoms with Gasteiger partial charge < -0.3 is 15.0 Å². The zero-order valence-corrected chi connectivity index (χ0v) is 16.0. The molecule has 1 aliphatic heterocycles. The number of nitrogens with zero attached hydrogens (tertiary/aromatic N) is 4. The first-order valence-corrected chi connectivity index (χ1v) is 9.11. The lowest BCUT2D eigenvalue weighted by molar-refractivity contribution is 0.0147. The minimum absolute atomic E-state index is 0.132. The Morgan fingerprint density at radius 2 is 1.96 bits per heavy atom. The molecule has 1 aromatic carbocycles. The molecule has 0 spiro atoms. The highest BCUT2D eigenvalue weighted by Crippen LogP contribution is 2.12. The van der Waals surface area contributed by atoms with Crippen molar-refractivity contribution in [1.82, 2.24) is 30.5 Å². The molecule has 0 aliphatic carbocycles. The number of amides is 2. The third-order valence-electron chi connectivity index (χ3n) is 4.33. The van der Waals surface area contributed by atoms with Crippen LogP contribution in [0.5, 0.6) is 0 Å². The van der Waals surface area contributed by atoms with E-state index in [0.717, 1.165) is 25.2 Å². The van der Waals surface area contributed by atoms with Crippen LogP contribution in [-0.2, 0) is 4.74 Å². The lowest BCUT2D eigenvalue weighted by atomic mass is 10.2. The molecule has 146 valence electrons. The molecule has 27 heavy (non-hydrogen) atoms. The normalized spacial score (nSPS) is 15.7. The summed E-state index contributed by atoms with van der Waals surface area (Å²) in [5.74, 6) is -0.132. The van der Waals surface area contributed by atoms with E-state index >= 15 is 0 Å². The summed E-state index contributed by atoms with van der Waals surface area (Å²) in [7, 11) is 0. The van der Waals surface area contributed by atoms with Crippen LogP contribution in [-0.4, -0.2) is 82.1 Å². The van der Waals surface area contributed by atoms with Gasteiger partial charge in [-0.1, -0.05) is 5.21 Å². The molecule has 0 unspecified atom stereocenters. The number of hydrogen-bond donors (Lipinski definition) is 2. The van der Waals surface area contributed by atoms with Crippen LogP contribution in [0.4, 0.5) is 4.79 Å². The number of ether oxygens (including phenoxy) is 1. The molecule has 2 heterocycles. The van der Waals surface area contributed by atoms with E-state index in [1.54, 1.807) is 23.1 Å². The number of H-pyrrole nitrogens is 1. The number of carbonyl (C=O) groups is 2. The van der Waals surface area contributed by atoms with Crippen molar-refractivity contribution in [2.24, 2.45) is 0 Å². The fourth-order valence-corrected chi connectivity index (χ4v) is 2.89. The zero-order chi connectivity index (χ0) is 19.4. The van der Waals surface area contributed by atoms with Gasteiger partial charge in [0, 0.05) is 44.8 Å². The Morgan fingerprint density at radius 3 is 2.67 bits per heavy atom. The fourth-order valence-electron chi connectivity index (χ4n) is 2.89. The highest BCUT2D eigenvalue weighted by molar-refractivity contribution is 5.97. The maximum Gasteiger partial charge on any atom is 0.410 e. The van der Waals surface area contributed by atoms with Gasteiger partial charge in [-0.15, -0.1) is 5.10 Å². The molecule has 2 N–H and O–H groups in total. The van der Waals surface area contributed by atoms with Gasteiger partial charge in [0.05, 0.1) is 5.52 Å². The summed E-state index contributed by atoms with van der Waals surface area (Å²) < 4.78 is 5.40. The smallest absolute Gasteiger partial charge is 0.410 e. The van der Waals surface area contributed by atoms with E-state index in [4.69, 9.17) is 4.74 Å². The predicted octanol–water partition coefficient (Wildman–Crippen LogP) is 1.24. The summed E-state index contributed by atoms with van der Waals surface area (Å²) in [6.07, 6.45) is -0.265. The molecule has 0 bridgehead atoms. The van der Waals surface area contributed by atoms with Gasteiger partial charge in [-0.3, -0.25) is 14.8 Å². The predicted molar refractivity (Wildman–Crippen MR) is 100 cm³/mol. The van der Waals surface area contributed by atoms with Gasteiger partial charge in [0.25, 0.3) is 5.91 Å². The lowest BCUT2D eigenvalue weighted by Crippen LogP contribution is -2.51. The van der Waals surface area contributed by atoms with Gasteiger partial charge >= 0.3 is 6.09 Å². The second-order valence-electron chi connectivity index (χ2n) is 7.61. The highest BCUT2D eigenvalue weighted by Gasteiger charge is 2.25. The monoisotopic (exact) mass is 374 g/mol. The number of benzene rings is 1. The summed E-state index contributed by atoms with van der Waals surface area (Å²) in [6.45, 7) is 9.66. The number of aromatic amines is 1. The maximum atomic E-state index is 12.3. The van der Waals surface area contributed by atoms with E-state index in [0.29, 0.717) is 30.7 Å². The average molecular weight is 374 g/mol. The molecule has 0 saturated carbocycles. The highest BCUT2D eigenvalue weighted by atomic mass is 16.6. The van der Waals surface area contributed by atoms with Crippen LogP contribution in [0.15, 0.2) is 18.2 Å². The maximum absolute atomic E-state index is 12.3. The Bertz CT molecular complexity index is 805. The molecule has 1 aliphatic rings. The molecule has 2 aromatic rings. The second-order valence-corrected chi connectivity index (χ2v) is 7.61. The average Bonchev–Trinajstić information content (AvgIpc) is 3.08. The van der Waals surface area contributed by atoms with Crippen LogP contribution in [0.1, 0.15) is 31.1 Å². The van der Waals surface area contributed by atoms with Gasteiger partial charge in [0.1, 0.15) is 11.1 Å². The van der Waals surface area contributed by atoms with Gasteiger partial charge in [0.2, 0.25) is 0 Å². The van der Waals surface area contributed by atoms with Crippen molar-refractivity contribution in [3.05, 3.63) is 23.8 Å². The van der Waals surface area contributed by atoms with Crippen LogP contribution >= 0.6 is 0 Å². The van der Waals surface area contributed by atoms with Crippen molar-refractivity contribution in [3.8, 4) is 0 Å². The van der Waals surface area contributed by atoms with E-state index < -0.39 is 5.60 Å². The zero-order valence-electron chi connectivity index (χ0n) is 16.0.